The van der Waals surface area contributed by atoms with Crippen LogP contribution in [0.15, 0.2) is 17.0 Å². The summed E-state index contributed by atoms with van der Waals surface area (Å²) in [5, 5.41) is 0. The number of aryl methyl sites for hydroxylation is 1. The van der Waals surface area contributed by atoms with Gasteiger partial charge in [-0.05, 0) is 37.5 Å². The summed E-state index contributed by atoms with van der Waals surface area (Å²) in [7, 11) is -3.78. The van der Waals surface area contributed by atoms with Crippen LogP contribution in [0.25, 0.3) is 0 Å². The Morgan fingerprint density at radius 3 is 2.32 bits per heavy atom. The van der Waals surface area contributed by atoms with E-state index < -0.39 is 15.8 Å². The Bertz CT molecular complexity index is 564. The van der Waals surface area contributed by atoms with Gasteiger partial charge in [0.25, 0.3) is 0 Å². The van der Waals surface area contributed by atoms with Gasteiger partial charge in [-0.15, -0.1) is 0 Å². The summed E-state index contributed by atoms with van der Waals surface area (Å²) in [6, 6.07) is 2.41. The second-order valence-electron chi connectivity index (χ2n) is 4.96. The molecule has 0 atom stereocenters. The van der Waals surface area contributed by atoms with Crippen molar-refractivity contribution in [3.8, 4) is 0 Å². The molecule has 6 heteroatoms. The first-order valence-electron chi connectivity index (χ1n) is 6.48. The number of anilines is 1. The van der Waals surface area contributed by atoms with Gasteiger partial charge >= 0.3 is 0 Å². The van der Waals surface area contributed by atoms with Crippen LogP contribution < -0.4 is 5.73 Å². The van der Waals surface area contributed by atoms with Crippen molar-refractivity contribution in [3.05, 3.63) is 23.5 Å². The first-order valence-corrected chi connectivity index (χ1v) is 7.92. The Hall–Kier alpha value is -1.14. The molecular weight excluding hydrogens is 267 g/mol. The van der Waals surface area contributed by atoms with Crippen molar-refractivity contribution in [3.63, 3.8) is 0 Å². The molecule has 4 nitrogen and oxygen atoms in total. The molecule has 0 spiro atoms. The Morgan fingerprint density at radius 2 is 1.74 bits per heavy atom. The van der Waals surface area contributed by atoms with E-state index in [1.165, 1.54) is 16.4 Å². The van der Waals surface area contributed by atoms with Crippen molar-refractivity contribution in [2.75, 3.05) is 18.8 Å². The zero-order chi connectivity index (χ0) is 14.0. The zero-order valence-corrected chi connectivity index (χ0v) is 11.8. The number of benzene rings is 1. The molecule has 19 heavy (non-hydrogen) atoms. The van der Waals surface area contributed by atoms with E-state index in [4.69, 9.17) is 5.73 Å². The molecule has 1 saturated heterocycles. The van der Waals surface area contributed by atoms with Gasteiger partial charge < -0.3 is 5.73 Å². The number of rotatable bonds is 2. The van der Waals surface area contributed by atoms with E-state index in [0.717, 1.165) is 25.7 Å². The average Bonchev–Trinajstić information content (AvgIpc) is 2.62. The van der Waals surface area contributed by atoms with Gasteiger partial charge in [0.15, 0.2) is 0 Å². The minimum atomic E-state index is -3.78. The topological polar surface area (TPSA) is 63.4 Å². The lowest BCUT2D eigenvalue weighted by Crippen LogP contribution is -2.32. The highest BCUT2D eigenvalue weighted by atomic mass is 32.2. The van der Waals surface area contributed by atoms with Crippen LogP contribution in [0.4, 0.5) is 10.1 Å². The van der Waals surface area contributed by atoms with Gasteiger partial charge in [-0.2, -0.15) is 4.31 Å². The van der Waals surface area contributed by atoms with Crippen molar-refractivity contribution < 1.29 is 12.8 Å². The fourth-order valence-corrected chi connectivity index (χ4v) is 3.89. The summed E-state index contributed by atoms with van der Waals surface area (Å²) in [5.41, 5.74) is 6.55. The molecule has 1 aliphatic heterocycles. The second-order valence-corrected chi connectivity index (χ2v) is 6.86. The quantitative estimate of drug-likeness (QED) is 0.848. The number of nitrogens with two attached hydrogens (primary N) is 1. The molecular formula is C13H19FN2O2S. The van der Waals surface area contributed by atoms with Gasteiger partial charge in [-0.3, -0.25) is 0 Å². The molecule has 1 aromatic carbocycles. The summed E-state index contributed by atoms with van der Waals surface area (Å²) in [6.07, 6.45) is 3.68. The number of sulfonamides is 1. The van der Waals surface area contributed by atoms with Gasteiger partial charge in [0, 0.05) is 18.8 Å². The van der Waals surface area contributed by atoms with E-state index in [1.54, 1.807) is 6.92 Å². The molecule has 0 aromatic heterocycles. The smallest absolute Gasteiger partial charge is 0.246 e. The molecule has 0 saturated carbocycles. The molecule has 1 fully saturated rings. The third kappa shape index (κ3) is 2.90. The third-order valence-corrected chi connectivity index (χ3v) is 5.42. The maximum absolute atomic E-state index is 13.9. The second kappa shape index (κ2) is 5.46. The van der Waals surface area contributed by atoms with Gasteiger partial charge in [-0.1, -0.05) is 12.8 Å². The lowest BCUT2D eigenvalue weighted by Gasteiger charge is -2.20. The fourth-order valence-electron chi connectivity index (χ4n) is 2.29. The summed E-state index contributed by atoms with van der Waals surface area (Å²) in [5.74, 6) is -0.726. The van der Waals surface area contributed by atoms with Crippen LogP contribution in [-0.2, 0) is 10.0 Å². The van der Waals surface area contributed by atoms with Crippen molar-refractivity contribution in [1.82, 2.24) is 4.31 Å². The third-order valence-electron chi connectivity index (χ3n) is 3.50. The maximum Gasteiger partial charge on any atom is 0.246 e. The van der Waals surface area contributed by atoms with E-state index in [9.17, 15) is 12.8 Å². The number of nitrogens with zero attached hydrogens (tertiary/aromatic N) is 1. The molecule has 0 amide bonds. The summed E-state index contributed by atoms with van der Waals surface area (Å²) < 4.78 is 40.2. The molecule has 0 aliphatic carbocycles. The Morgan fingerprint density at radius 1 is 1.16 bits per heavy atom. The summed E-state index contributed by atoms with van der Waals surface area (Å²) >= 11 is 0. The normalized spacial score (nSPS) is 18.2. The van der Waals surface area contributed by atoms with Crippen LogP contribution in [-0.4, -0.2) is 25.8 Å². The van der Waals surface area contributed by atoms with E-state index in [2.05, 4.69) is 0 Å². The van der Waals surface area contributed by atoms with Gasteiger partial charge in [0.1, 0.15) is 10.7 Å². The lowest BCUT2D eigenvalue weighted by atomic mass is 10.2. The fraction of sp³-hybridized carbons (Fsp3) is 0.538. The van der Waals surface area contributed by atoms with Gasteiger partial charge in [-0.25, -0.2) is 12.8 Å². The van der Waals surface area contributed by atoms with Crippen LogP contribution in [0.2, 0.25) is 0 Å². The Kier molecular flexibility index (Phi) is 4.10. The average molecular weight is 286 g/mol. The molecule has 2 rings (SSSR count). The monoisotopic (exact) mass is 286 g/mol. The predicted octanol–water partition coefficient (Wildman–Crippen LogP) is 2.28. The number of hydrogen-bond acceptors (Lipinski definition) is 3. The number of hydrogen-bond donors (Lipinski definition) is 1. The van der Waals surface area contributed by atoms with Crippen molar-refractivity contribution in [2.24, 2.45) is 0 Å². The van der Waals surface area contributed by atoms with Gasteiger partial charge in [0.05, 0.1) is 0 Å². The summed E-state index contributed by atoms with van der Waals surface area (Å²) in [6.45, 7) is 2.56. The molecule has 2 N–H and O–H groups in total. The molecule has 0 radical (unpaired) electrons. The molecule has 1 heterocycles. The first kappa shape index (κ1) is 14.3. The molecule has 1 aliphatic rings. The molecule has 1 aromatic rings. The molecule has 0 bridgehead atoms. The van der Waals surface area contributed by atoms with Crippen LogP contribution in [0, 0.1) is 12.7 Å². The van der Waals surface area contributed by atoms with Crippen LogP contribution in [0.5, 0.6) is 0 Å². The number of nitrogen functional groups attached to an aromatic ring is 1. The highest BCUT2D eigenvalue weighted by Crippen LogP contribution is 2.26. The van der Waals surface area contributed by atoms with Crippen molar-refractivity contribution in [2.45, 2.75) is 37.5 Å². The standard InChI is InChI=1S/C13H19FN2O2S/c1-10-8-11(14)13(9-12(10)15)19(17,18)16-6-4-2-3-5-7-16/h8-9H,2-7,15H2,1H3. The Labute approximate surface area is 113 Å². The molecule has 106 valence electrons. The van der Waals surface area contributed by atoms with E-state index in [0.29, 0.717) is 24.3 Å². The van der Waals surface area contributed by atoms with Crippen molar-refractivity contribution >= 4 is 15.7 Å². The van der Waals surface area contributed by atoms with Gasteiger partial charge in [0.2, 0.25) is 10.0 Å². The Balaban J connectivity index is 2.41. The maximum atomic E-state index is 13.9. The molecule has 0 unspecified atom stereocenters. The summed E-state index contributed by atoms with van der Waals surface area (Å²) in [4.78, 5) is -0.308. The highest BCUT2D eigenvalue weighted by molar-refractivity contribution is 7.89. The largest absolute Gasteiger partial charge is 0.398 e. The minimum Gasteiger partial charge on any atom is -0.398 e. The van der Waals surface area contributed by atoms with E-state index in [-0.39, 0.29) is 4.90 Å². The van der Waals surface area contributed by atoms with E-state index in [1.807, 2.05) is 0 Å². The van der Waals surface area contributed by atoms with Crippen LogP contribution in [0.1, 0.15) is 31.2 Å². The minimum absolute atomic E-state index is 0.301. The zero-order valence-electron chi connectivity index (χ0n) is 11.0. The SMILES string of the molecule is Cc1cc(F)c(S(=O)(=O)N2CCCCCC2)cc1N. The predicted molar refractivity (Wildman–Crippen MR) is 72.8 cm³/mol. The first-order chi connectivity index (χ1) is 8.93. The van der Waals surface area contributed by atoms with E-state index >= 15 is 0 Å². The van der Waals surface area contributed by atoms with Crippen LogP contribution >= 0.6 is 0 Å². The lowest BCUT2D eigenvalue weighted by molar-refractivity contribution is 0.419. The highest BCUT2D eigenvalue weighted by Gasteiger charge is 2.28. The van der Waals surface area contributed by atoms with Crippen LogP contribution in [0.3, 0.4) is 0 Å². The number of halogens is 1. The van der Waals surface area contributed by atoms with Crippen molar-refractivity contribution in [1.29, 1.82) is 0 Å².